The van der Waals surface area contributed by atoms with Crippen LogP contribution in [0.1, 0.15) is 46.0 Å². The molecule has 0 heterocycles. The lowest BCUT2D eigenvalue weighted by molar-refractivity contribution is 0.358. The molecule has 14 heavy (non-hydrogen) atoms. The fourth-order valence-electron chi connectivity index (χ4n) is 2.02. The predicted molar refractivity (Wildman–Crippen MR) is 62.0 cm³/mol. The van der Waals surface area contributed by atoms with Gasteiger partial charge in [-0.15, -0.1) is 12.3 Å². The molecule has 1 saturated carbocycles. The van der Waals surface area contributed by atoms with E-state index < -0.39 is 0 Å². The first-order valence-corrected chi connectivity index (χ1v) is 5.92. The molecule has 80 valence electrons. The number of terminal acetylenes is 1. The molecular formula is C13H23N. The maximum Gasteiger partial charge on any atom is 0.0118 e. The van der Waals surface area contributed by atoms with Crippen molar-refractivity contribution in [2.45, 2.75) is 52.0 Å². The average Bonchev–Trinajstić information content (AvgIpc) is 2.94. The number of hydrogen-bond donors (Lipinski definition) is 1. The first-order chi connectivity index (χ1) is 6.75. The molecule has 1 fully saturated rings. The van der Waals surface area contributed by atoms with Crippen molar-refractivity contribution >= 4 is 0 Å². The molecule has 1 N–H and O–H groups in total. The number of unbranched alkanes of at least 4 members (excludes halogenated alkanes) is 2. The minimum absolute atomic E-state index is 0.751. The quantitative estimate of drug-likeness (QED) is 0.484. The van der Waals surface area contributed by atoms with Crippen LogP contribution in [0, 0.1) is 24.2 Å². The molecule has 1 atom stereocenters. The fourth-order valence-corrected chi connectivity index (χ4v) is 2.02. The lowest BCUT2D eigenvalue weighted by Gasteiger charge is -2.22. The van der Waals surface area contributed by atoms with E-state index in [0.29, 0.717) is 0 Å². The van der Waals surface area contributed by atoms with Crippen LogP contribution in [0.5, 0.6) is 0 Å². The highest BCUT2D eigenvalue weighted by atomic mass is 14.9. The van der Waals surface area contributed by atoms with Crippen LogP contribution in [0.25, 0.3) is 0 Å². The van der Waals surface area contributed by atoms with Crippen molar-refractivity contribution in [2.75, 3.05) is 6.54 Å². The lowest BCUT2D eigenvalue weighted by Crippen LogP contribution is -2.36. The van der Waals surface area contributed by atoms with Gasteiger partial charge in [-0.3, -0.25) is 0 Å². The van der Waals surface area contributed by atoms with E-state index in [1.54, 1.807) is 0 Å². The van der Waals surface area contributed by atoms with Gasteiger partial charge in [0.25, 0.3) is 0 Å². The highest BCUT2D eigenvalue weighted by Gasteiger charge is 2.32. The average molecular weight is 193 g/mol. The molecule has 0 radical (unpaired) electrons. The van der Waals surface area contributed by atoms with E-state index in [-0.39, 0.29) is 0 Å². The minimum atomic E-state index is 0.751. The third kappa shape index (κ3) is 4.15. The molecule has 1 unspecified atom stereocenters. The standard InChI is InChI=1S/C13H23N/c1-4-5-6-7-10-14-13(11(2)3)12-8-9-12/h1,11-14H,5-10H2,2-3H3. The van der Waals surface area contributed by atoms with Gasteiger partial charge in [-0.05, 0) is 44.1 Å². The van der Waals surface area contributed by atoms with Crippen LogP contribution in [0.4, 0.5) is 0 Å². The Hall–Kier alpha value is -0.480. The van der Waals surface area contributed by atoms with Crippen LogP contribution in [0.15, 0.2) is 0 Å². The number of hydrogen-bond acceptors (Lipinski definition) is 1. The highest BCUT2D eigenvalue weighted by Crippen LogP contribution is 2.35. The van der Waals surface area contributed by atoms with Crippen molar-refractivity contribution < 1.29 is 0 Å². The molecular weight excluding hydrogens is 170 g/mol. The molecule has 0 aromatic heterocycles. The van der Waals surface area contributed by atoms with Crippen molar-refractivity contribution in [2.24, 2.45) is 11.8 Å². The van der Waals surface area contributed by atoms with E-state index in [1.165, 1.54) is 25.7 Å². The van der Waals surface area contributed by atoms with Crippen LogP contribution in [0.3, 0.4) is 0 Å². The van der Waals surface area contributed by atoms with Crippen molar-refractivity contribution in [3.05, 3.63) is 0 Å². The van der Waals surface area contributed by atoms with Gasteiger partial charge in [0, 0.05) is 12.5 Å². The van der Waals surface area contributed by atoms with E-state index in [2.05, 4.69) is 25.1 Å². The van der Waals surface area contributed by atoms with Gasteiger partial charge < -0.3 is 5.32 Å². The van der Waals surface area contributed by atoms with Crippen LogP contribution in [-0.2, 0) is 0 Å². The van der Waals surface area contributed by atoms with E-state index in [4.69, 9.17) is 6.42 Å². The topological polar surface area (TPSA) is 12.0 Å². The van der Waals surface area contributed by atoms with Crippen LogP contribution < -0.4 is 5.32 Å². The Morgan fingerprint density at radius 1 is 1.36 bits per heavy atom. The summed E-state index contributed by atoms with van der Waals surface area (Å²) >= 11 is 0. The summed E-state index contributed by atoms with van der Waals surface area (Å²) in [6.45, 7) is 5.77. The Morgan fingerprint density at radius 3 is 2.57 bits per heavy atom. The van der Waals surface area contributed by atoms with Crippen LogP contribution in [0.2, 0.25) is 0 Å². The Bertz CT molecular complexity index is 184. The molecule has 1 rings (SSSR count). The zero-order chi connectivity index (χ0) is 10.4. The second-order valence-electron chi connectivity index (χ2n) is 4.72. The van der Waals surface area contributed by atoms with Gasteiger partial charge in [0.2, 0.25) is 0 Å². The van der Waals surface area contributed by atoms with Crippen molar-refractivity contribution in [1.82, 2.24) is 5.32 Å². The van der Waals surface area contributed by atoms with Crippen molar-refractivity contribution in [1.29, 1.82) is 0 Å². The summed E-state index contributed by atoms with van der Waals surface area (Å²) in [6, 6.07) is 0.751. The first-order valence-electron chi connectivity index (χ1n) is 5.92. The van der Waals surface area contributed by atoms with Gasteiger partial charge in [0.05, 0.1) is 0 Å². The SMILES string of the molecule is C#CCCCCNC(C(C)C)C1CC1. The molecule has 0 aliphatic heterocycles. The molecule has 0 aromatic carbocycles. The van der Waals surface area contributed by atoms with Gasteiger partial charge in [-0.2, -0.15) is 0 Å². The summed E-state index contributed by atoms with van der Waals surface area (Å²) < 4.78 is 0. The smallest absolute Gasteiger partial charge is 0.0118 e. The van der Waals surface area contributed by atoms with Gasteiger partial charge in [0.15, 0.2) is 0 Å². The number of rotatable bonds is 7. The molecule has 1 aliphatic carbocycles. The molecule has 0 amide bonds. The van der Waals surface area contributed by atoms with Gasteiger partial charge in [-0.1, -0.05) is 13.8 Å². The van der Waals surface area contributed by atoms with Crippen LogP contribution >= 0.6 is 0 Å². The normalized spacial score (nSPS) is 18.1. The largest absolute Gasteiger partial charge is 0.313 e. The second-order valence-corrected chi connectivity index (χ2v) is 4.72. The Kier molecular flexibility index (Phi) is 5.04. The molecule has 1 heteroatoms. The van der Waals surface area contributed by atoms with Crippen molar-refractivity contribution in [3.63, 3.8) is 0 Å². The Balaban J connectivity index is 2.05. The lowest BCUT2D eigenvalue weighted by atomic mass is 9.99. The third-order valence-electron chi connectivity index (χ3n) is 2.98. The van der Waals surface area contributed by atoms with Gasteiger partial charge in [-0.25, -0.2) is 0 Å². The van der Waals surface area contributed by atoms with Gasteiger partial charge >= 0.3 is 0 Å². The second kappa shape index (κ2) is 6.09. The summed E-state index contributed by atoms with van der Waals surface area (Å²) in [7, 11) is 0. The van der Waals surface area contributed by atoms with E-state index in [1.807, 2.05) is 0 Å². The summed E-state index contributed by atoms with van der Waals surface area (Å²) in [5.41, 5.74) is 0. The molecule has 1 nitrogen and oxygen atoms in total. The van der Waals surface area contributed by atoms with E-state index in [9.17, 15) is 0 Å². The van der Waals surface area contributed by atoms with Crippen LogP contribution in [-0.4, -0.2) is 12.6 Å². The zero-order valence-electron chi connectivity index (χ0n) is 9.55. The van der Waals surface area contributed by atoms with Crippen molar-refractivity contribution in [3.8, 4) is 12.3 Å². The monoisotopic (exact) mass is 193 g/mol. The predicted octanol–water partition coefficient (Wildman–Crippen LogP) is 2.81. The third-order valence-corrected chi connectivity index (χ3v) is 2.98. The Morgan fingerprint density at radius 2 is 2.07 bits per heavy atom. The molecule has 0 spiro atoms. The number of nitrogens with one attached hydrogen (secondary N) is 1. The molecule has 0 saturated heterocycles. The summed E-state index contributed by atoms with van der Waals surface area (Å²) in [6.07, 6.45) is 11.4. The first kappa shape index (κ1) is 11.6. The summed E-state index contributed by atoms with van der Waals surface area (Å²) in [5.74, 6) is 4.42. The molecule has 1 aliphatic rings. The Labute approximate surface area is 88.7 Å². The summed E-state index contributed by atoms with van der Waals surface area (Å²) in [4.78, 5) is 0. The minimum Gasteiger partial charge on any atom is -0.313 e. The maximum atomic E-state index is 5.21. The van der Waals surface area contributed by atoms with E-state index in [0.717, 1.165) is 30.8 Å². The zero-order valence-corrected chi connectivity index (χ0v) is 9.55. The molecule has 0 bridgehead atoms. The fraction of sp³-hybridized carbons (Fsp3) is 0.846. The highest BCUT2D eigenvalue weighted by molar-refractivity contribution is 4.88. The maximum absolute atomic E-state index is 5.21. The summed E-state index contributed by atoms with van der Waals surface area (Å²) in [5, 5.41) is 3.67. The van der Waals surface area contributed by atoms with Gasteiger partial charge in [0.1, 0.15) is 0 Å². The molecule has 0 aromatic rings. The van der Waals surface area contributed by atoms with E-state index >= 15 is 0 Å².